The fourth-order valence-electron chi connectivity index (χ4n) is 3.92. The highest BCUT2D eigenvalue weighted by atomic mass is 32.1. The van der Waals surface area contributed by atoms with Gasteiger partial charge in [-0.3, -0.25) is 9.59 Å². The van der Waals surface area contributed by atoms with E-state index < -0.39 is 0 Å². The number of aromatic nitrogens is 1. The Balaban J connectivity index is 1.25. The van der Waals surface area contributed by atoms with Gasteiger partial charge < -0.3 is 9.80 Å². The molecule has 1 aromatic heterocycles. The molecule has 0 N–H and O–H groups in total. The molecule has 0 radical (unpaired) electrons. The number of hydrogen-bond donors (Lipinski definition) is 0. The van der Waals surface area contributed by atoms with Gasteiger partial charge >= 0.3 is 0 Å². The molecule has 1 saturated carbocycles. The second-order valence-corrected chi connectivity index (χ2v) is 9.14. The molecule has 29 heavy (non-hydrogen) atoms. The standard InChI is InChI=1S/C23H23N3O2S/c1-23(8-9-23)22(28)26-12-10-25(11-13-26)21(27)17-4-2-16(3-5-17)18-6-7-19-20(14-18)29-15-24-19/h2-7,14-15H,8-13H2,1H3. The van der Waals surface area contributed by atoms with Crippen LogP contribution < -0.4 is 0 Å². The summed E-state index contributed by atoms with van der Waals surface area (Å²) in [6.45, 7) is 4.51. The smallest absolute Gasteiger partial charge is 0.253 e. The topological polar surface area (TPSA) is 53.5 Å². The maximum absolute atomic E-state index is 12.9. The molecule has 0 spiro atoms. The van der Waals surface area contributed by atoms with Crippen molar-refractivity contribution in [1.29, 1.82) is 0 Å². The van der Waals surface area contributed by atoms with E-state index in [0.29, 0.717) is 31.7 Å². The molecule has 1 aliphatic carbocycles. The first-order chi connectivity index (χ1) is 14.0. The highest BCUT2D eigenvalue weighted by Crippen LogP contribution is 2.46. The molecule has 148 valence electrons. The van der Waals surface area contributed by atoms with Gasteiger partial charge in [-0.15, -0.1) is 11.3 Å². The van der Waals surface area contributed by atoms with Crippen LogP contribution in [0.2, 0.25) is 0 Å². The van der Waals surface area contributed by atoms with Gasteiger partial charge in [-0.05, 0) is 48.2 Å². The summed E-state index contributed by atoms with van der Waals surface area (Å²) in [6.07, 6.45) is 1.99. The van der Waals surface area contributed by atoms with Crippen LogP contribution in [0.5, 0.6) is 0 Å². The van der Waals surface area contributed by atoms with Crippen molar-refractivity contribution in [3.05, 3.63) is 53.5 Å². The lowest BCUT2D eigenvalue weighted by atomic mass is 10.0. The molecular formula is C23H23N3O2S. The number of carbonyl (C=O) groups is 2. The summed E-state index contributed by atoms with van der Waals surface area (Å²) >= 11 is 1.63. The van der Waals surface area contributed by atoms with Crippen LogP contribution in [0.3, 0.4) is 0 Å². The molecule has 2 amide bonds. The number of piperazine rings is 1. The predicted octanol–water partition coefficient (Wildman–Crippen LogP) is 4.05. The summed E-state index contributed by atoms with van der Waals surface area (Å²) in [7, 11) is 0. The van der Waals surface area contributed by atoms with Crippen molar-refractivity contribution >= 4 is 33.4 Å². The summed E-state index contributed by atoms with van der Waals surface area (Å²) in [4.78, 5) is 33.5. The molecular weight excluding hydrogens is 382 g/mol. The van der Waals surface area contributed by atoms with Gasteiger partial charge in [-0.1, -0.05) is 25.1 Å². The van der Waals surface area contributed by atoms with Gasteiger partial charge in [-0.25, -0.2) is 4.98 Å². The molecule has 2 aliphatic rings. The van der Waals surface area contributed by atoms with Gasteiger partial charge in [0.05, 0.1) is 15.7 Å². The Bertz CT molecular complexity index is 1080. The van der Waals surface area contributed by atoms with E-state index in [1.807, 2.05) is 52.6 Å². The number of fused-ring (bicyclic) bond motifs is 1. The molecule has 0 atom stereocenters. The van der Waals surface area contributed by atoms with Crippen LogP contribution in [-0.4, -0.2) is 52.8 Å². The second-order valence-electron chi connectivity index (χ2n) is 8.26. The molecule has 0 unspecified atom stereocenters. The van der Waals surface area contributed by atoms with Crippen molar-refractivity contribution < 1.29 is 9.59 Å². The summed E-state index contributed by atoms with van der Waals surface area (Å²) in [5, 5.41) is 0. The third-order valence-electron chi connectivity index (χ3n) is 6.17. The van der Waals surface area contributed by atoms with E-state index in [0.717, 1.165) is 34.2 Å². The third kappa shape index (κ3) is 3.42. The highest BCUT2D eigenvalue weighted by molar-refractivity contribution is 7.16. The lowest BCUT2D eigenvalue weighted by Crippen LogP contribution is -2.52. The van der Waals surface area contributed by atoms with Crippen molar-refractivity contribution in [2.75, 3.05) is 26.2 Å². The average Bonchev–Trinajstić information content (AvgIpc) is 3.34. The van der Waals surface area contributed by atoms with Crippen molar-refractivity contribution in [2.24, 2.45) is 5.41 Å². The van der Waals surface area contributed by atoms with Crippen LogP contribution >= 0.6 is 11.3 Å². The Labute approximate surface area is 174 Å². The lowest BCUT2D eigenvalue weighted by Gasteiger charge is -2.36. The van der Waals surface area contributed by atoms with Gasteiger partial charge in [0.25, 0.3) is 5.91 Å². The predicted molar refractivity (Wildman–Crippen MR) is 115 cm³/mol. The Kier molecular flexibility index (Phi) is 4.39. The minimum Gasteiger partial charge on any atom is -0.339 e. The highest BCUT2D eigenvalue weighted by Gasteiger charge is 2.47. The number of hydrogen-bond acceptors (Lipinski definition) is 4. The normalized spacial score (nSPS) is 18.1. The molecule has 5 nitrogen and oxygen atoms in total. The summed E-state index contributed by atoms with van der Waals surface area (Å²) < 4.78 is 1.16. The fourth-order valence-corrected chi connectivity index (χ4v) is 4.63. The minimum atomic E-state index is -0.135. The number of amides is 2. The van der Waals surface area contributed by atoms with Gasteiger partial charge in [0, 0.05) is 37.2 Å². The Morgan fingerprint density at radius 2 is 1.59 bits per heavy atom. The van der Waals surface area contributed by atoms with Crippen molar-refractivity contribution in [3.8, 4) is 11.1 Å². The Hall–Kier alpha value is -2.73. The van der Waals surface area contributed by atoms with Gasteiger partial charge in [-0.2, -0.15) is 0 Å². The number of thiazole rings is 1. The van der Waals surface area contributed by atoms with Crippen LogP contribution in [0.4, 0.5) is 0 Å². The largest absolute Gasteiger partial charge is 0.339 e. The van der Waals surface area contributed by atoms with Crippen LogP contribution in [0.15, 0.2) is 48.0 Å². The van der Waals surface area contributed by atoms with E-state index in [-0.39, 0.29) is 17.2 Å². The van der Waals surface area contributed by atoms with Crippen LogP contribution in [-0.2, 0) is 4.79 Å². The van der Waals surface area contributed by atoms with Crippen LogP contribution in [0.1, 0.15) is 30.1 Å². The zero-order chi connectivity index (χ0) is 20.0. The van der Waals surface area contributed by atoms with Crippen molar-refractivity contribution in [3.63, 3.8) is 0 Å². The monoisotopic (exact) mass is 405 g/mol. The first kappa shape index (κ1) is 18.3. The average molecular weight is 406 g/mol. The van der Waals surface area contributed by atoms with Crippen molar-refractivity contribution in [2.45, 2.75) is 19.8 Å². The first-order valence-electron chi connectivity index (χ1n) is 10.1. The van der Waals surface area contributed by atoms with E-state index in [2.05, 4.69) is 17.1 Å². The van der Waals surface area contributed by atoms with Crippen molar-refractivity contribution in [1.82, 2.24) is 14.8 Å². The maximum Gasteiger partial charge on any atom is 0.253 e. The molecule has 0 bridgehead atoms. The fraction of sp³-hybridized carbons (Fsp3) is 0.348. The minimum absolute atomic E-state index is 0.0409. The number of rotatable bonds is 3. The molecule has 5 rings (SSSR count). The van der Waals surface area contributed by atoms with E-state index in [1.54, 1.807) is 11.3 Å². The van der Waals surface area contributed by atoms with Gasteiger partial charge in [0.1, 0.15) is 0 Å². The van der Waals surface area contributed by atoms with Crippen LogP contribution in [0, 0.1) is 5.41 Å². The summed E-state index contributed by atoms with van der Waals surface area (Å²) in [5.41, 5.74) is 5.64. The van der Waals surface area contributed by atoms with Gasteiger partial charge in [0.2, 0.25) is 5.91 Å². The Morgan fingerprint density at radius 1 is 0.931 bits per heavy atom. The summed E-state index contributed by atoms with van der Waals surface area (Å²) in [6, 6.07) is 14.0. The van der Waals surface area contributed by atoms with Gasteiger partial charge in [0.15, 0.2) is 0 Å². The molecule has 2 heterocycles. The molecule has 3 aromatic rings. The SMILES string of the molecule is CC1(C(=O)N2CCN(C(=O)c3ccc(-c4ccc5ncsc5c4)cc3)CC2)CC1. The first-order valence-corrected chi connectivity index (χ1v) is 10.9. The molecule has 1 aliphatic heterocycles. The lowest BCUT2D eigenvalue weighted by molar-refractivity contribution is -0.137. The second kappa shape index (κ2) is 6.95. The van der Waals surface area contributed by atoms with E-state index >= 15 is 0 Å². The molecule has 1 saturated heterocycles. The maximum atomic E-state index is 12.9. The quantitative estimate of drug-likeness (QED) is 0.661. The third-order valence-corrected chi connectivity index (χ3v) is 6.96. The van der Waals surface area contributed by atoms with Crippen LogP contribution in [0.25, 0.3) is 21.3 Å². The zero-order valence-corrected chi connectivity index (χ0v) is 17.2. The van der Waals surface area contributed by atoms with E-state index in [1.165, 1.54) is 0 Å². The molecule has 2 fully saturated rings. The molecule has 2 aromatic carbocycles. The van der Waals surface area contributed by atoms with E-state index in [9.17, 15) is 9.59 Å². The number of nitrogens with zero attached hydrogens (tertiary/aromatic N) is 3. The van der Waals surface area contributed by atoms with E-state index in [4.69, 9.17) is 0 Å². The zero-order valence-electron chi connectivity index (χ0n) is 16.4. The molecule has 6 heteroatoms. The number of benzene rings is 2. The Morgan fingerprint density at radius 3 is 2.28 bits per heavy atom. The summed E-state index contributed by atoms with van der Waals surface area (Å²) in [5.74, 6) is 0.297. The number of carbonyl (C=O) groups excluding carboxylic acids is 2.